The molecule has 3 N–H and O–H groups in total. The molecule has 0 aliphatic heterocycles. The fourth-order valence-corrected chi connectivity index (χ4v) is 1.35. The third kappa shape index (κ3) is 3.30. The van der Waals surface area contributed by atoms with Gasteiger partial charge in [-0.2, -0.15) is 0 Å². The second-order valence-electron chi connectivity index (χ2n) is 3.53. The maximum atomic E-state index is 10.7. The molecule has 0 aliphatic rings. The molecule has 0 bridgehead atoms. The number of nitro benzene ring substituents is 1. The second-order valence-corrected chi connectivity index (χ2v) is 3.53. The van der Waals surface area contributed by atoms with Gasteiger partial charge in [-0.05, 0) is 24.1 Å². The van der Waals surface area contributed by atoms with Crippen molar-refractivity contribution in [2.45, 2.75) is 13.3 Å². The van der Waals surface area contributed by atoms with Gasteiger partial charge in [0.2, 0.25) is 0 Å². The largest absolute Gasteiger partial charge is 0.481 e. The predicted octanol–water partition coefficient (Wildman–Crippen LogP) is 1.97. The molecule has 6 heteroatoms. The summed E-state index contributed by atoms with van der Waals surface area (Å²) < 4.78 is 0. The van der Waals surface area contributed by atoms with Crippen LogP contribution in [-0.4, -0.2) is 16.0 Å². The first-order chi connectivity index (χ1) is 7.91. The number of carbonyl (C=O) groups is 1. The van der Waals surface area contributed by atoms with Gasteiger partial charge in [0.1, 0.15) is 5.69 Å². The molecule has 0 heterocycles. The van der Waals surface area contributed by atoms with E-state index in [2.05, 4.69) is 0 Å². The summed E-state index contributed by atoms with van der Waals surface area (Å²) >= 11 is 0. The van der Waals surface area contributed by atoms with Crippen molar-refractivity contribution in [3.8, 4) is 0 Å². The number of rotatable bonds is 4. The van der Waals surface area contributed by atoms with Crippen LogP contribution in [0, 0.1) is 17.0 Å². The summed E-state index contributed by atoms with van der Waals surface area (Å²) in [5, 5.41) is 19.2. The van der Waals surface area contributed by atoms with Gasteiger partial charge in [0, 0.05) is 6.07 Å². The van der Waals surface area contributed by atoms with Crippen LogP contribution in [0.2, 0.25) is 0 Å². The Hall–Kier alpha value is -2.37. The molecule has 0 amide bonds. The van der Waals surface area contributed by atoms with Crippen LogP contribution in [0.15, 0.2) is 18.2 Å². The molecule has 90 valence electrons. The van der Waals surface area contributed by atoms with Crippen molar-refractivity contribution < 1.29 is 14.8 Å². The molecule has 1 aromatic rings. The van der Waals surface area contributed by atoms with E-state index in [1.165, 1.54) is 18.2 Å². The van der Waals surface area contributed by atoms with Crippen molar-refractivity contribution in [1.29, 1.82) is 0 Å². The molecule has 0 saturated heterocycles. The number of nitrogens with zero attached hydrogens (tertiary/aromatic N) is 1. The van der Waals surface area contributed by atoms with Crippen molar-refractivity contribution in [1.82, 2.24) is 0 Å². The van der Waals surface area contributed by atoms with Crippen molar-refractivity contribution in [2.24, 2.45) is 0 Å². The van der Waals surface area contributed by atoms with Crippen LogP contribution in [0.5, 0.6) is 0 Å². The number of aliphatic carboxylic acids is 1. The van der Waals surface area contributed by atoms with Crippen LogP contribution in [0.4, 0.5) is 11.4 Å². The lowest BCUT2D eigenvalue weighted by Crippen LogP contribution is -1.98. The first kappa shape index (κ1) is 12.7. The van der Waals surface area contributed by atoms with Gasteiger partial charge in [-0.3, -0.25) is 14.9 Å². The molecule has 1 aromatic carbocycles. The van der Waals surface area contributed by atoms with E-state index in [4.69, 9.17) is 10.8 Å². The lowest BCUT2D eigenvalue weighted by atomic mass is 10.1. The Balaban J connectivity index is 3.06. The van der Waals surface area contributed by atoms with Crippen LogP contribution >= 0.6 is 0 Å². The Morgan fingerprint density at radius 1 is 1.59 bits per heavy atom. The molecule has 0 spiro atoms. The smallest absolute Gasteiger partial charge is 0.307 e. The zero-order valence-corrected chi connectivity index (χ0v) is 9.21. The fourth-order valence-electron chi connectivity index (χ4n) is 1.35. The highest BCUT2D eigenvalue weighted by Gasteiger charge is 2.13. The van der Waals surface area contributed by atoms with E-state index in [0.29, 0.717) is 11.1 Å². The monoisotopic (exact) mass is 236 g/mol. The van der Waals surface area contributed by atoms with Gasteiger partial charge in [0.25, 0.3) is 5.69 Å². The van der Waals surface area contributed by atoms with Crippen LogP contribution in [0.3, 0.4) is 0 Å². The van der Waals surface area contributed by atoms with Gasteiger partial charge >= 0.3 is 5.97 Å². The third-order valence-corrected chi connectivity index (χ3v) is 2.19. The summed E-state index contributed by atoms with van der Waals surface area (Å²) in [7, 11) is 0. The average Bonchev–Trinajstić information content (AvgIpc) is 2.22. The zero-order valence-electron chi connectivity index (χ0n) is 9.21. The molecule has 0 aromatic heterocycles. The minimum atomic E-state index is -0.956. The van der Waals surface area contributed by atoms with Crippen LogP contribution in [0.1, 0.15) is 17.5 Å². The van der Waals surface area contributed by atoms with Crippen molar-refractivity contribution >= 4 is 23.4 Å². The summed E-state index contributed by atoms with van der Waals surface area (Å²) in [5.41, 5.74) is 6.68. The summed E-state index contributed by atoms with van der Waals surface area (Å²) in [6, 6.07) is 2.99. The maximum Gasteiger partial charge on any atom is 0.307 e. The highest BCUT2D eigenvalue weighted by Crippen LogP contribution is 2.27. The third-order valence-electron chi connectivity index (χ3n) is 2.19. The van der Waals surface area contributed by atoms with E-state index in [1.807, 2.05) is 0 Å². The summed E-state index contributed by atoms with van der Waals surface area (Å²) in [4.78, 5) is 20.5. The first-order valence-corrected chi connectivity index (χ1v) is 4.84. The molecular weight excluding hydrogens is 224 g/mol. The normalized spacial score (nSPS) is 10.6. The van der Waals surface area contributed by atoms with E-state index in [1.54, 1.807) is 13.0 Å². The van der Waals surface area contributed by atoms with Crippen molar-refractivity contribution in [2.75, 3.05) is 5.73 Å². The highest BCUT2D eigenvalue weighted by molar-refractivity contribution is 5.72. The van der Waals surface area contributed by atoms with E-state index < -0.39 is 10.9 Å². The van der Waals surface area contributed by atoms with Gasteiger partial charge in [-0.25, -0.2) is 0 Å². The molecule has 6 nitrogen and oxygen atoms in total. The van der Waals surface area contributed by atoms with E-state index in [-0.39, 0.29) is 17.8 Å². The number of nitro groups is 1. The number of nitrogen functional groups attached to an aromatic ring is 1. The predicted molar refractivity (Wildman–Crippen MR) is 63.5 cm³/mol. The molecule has 0 fully saturated rings. The standard InChI is InChI=1S/C11H12N2O4/c1-7-5-8(3-2-4-10(14)15)6-9(11(7)12)13(16)17/h2-3,5-6H,4,12H2,1H3,(H,14,15). The minimum Gasteiger partial charge on any atom is -0.481 e. The lowest BCUT2D eigenvalue weighted by Gasteiger charge is -2.03. The summed E-state index contributed by atoms with van der Waals surface area (Å²) in [5.74, 6) is -0.956. The fraction of sp³-hybridized carbons (Fsp3) is 0.182. The molecule has 0 atom stereocenters. The van der Waals surface area contributed by atoms with Crippen LogP contribution < -0.4 is 5.73 Å². The van der Waals surface area contributed by atoms with Gasteiger partial charge in [0.15, 0.2) is 0 Å². The number of hydrogen-bond acceptors (Lipinski definition) is 4. The van der Waals surface area contributed by atoms with E-state index in [0.717, 1.165) is 0 Å². The number of carboxylic acids is 1. The quantitative estimate of drug-likeness (QED) is 0.472. The Bertz CT molecular complexity index is 494. The van der Waals surface area contributed by atoms with Gasteiger partial charge in [-0.15, -0.1) is 0 Å². The molecule has 0 aliphatic carbocycles. The number of benzene rings is 1. The van der Waals surface area contributed by atoms with Gasteiger partial charge in [0.05, 0.1) is 11.3 Å². The maximum absolute atomic E-state index is 10.7. The van der Waals surface area contributed by atoms with E-state index in [9.17, 15) is 14.9 Å². The minimum absolute atomic E-state index is 0.128. The summed E-state index contributed by atoms with van der Waals surface area (Å²) in [6.45, 7) is 1.66. The number of aryl methyl sites for hydroxylation is 1. The first-order valence-electron chi connectivity index (χ1n) is 4.84. The number of nitrogens with two attached hydrogens (primary N) is 1. The number of hydrogen-bond donors (Lipinski definition) is 2. The van der Waals surface area contributed by atoms with Crippen molar-refractivity contribution in [3.63, 3.8) is 0 Å². The topological polar surface area (TPSA) is 106 Å². The Labute approximate surface area is 97.5 Å². The second kappa shape index (κ2) is 5.11. The lowest BCUT2D eigenvalue weighted by molar-refractivity contribution is -0.383. The molecule has 0 unspecified atom stereocenters. The zero-order chi connectivity index (χ0) is 13.0. The average molecular weight is 236 g/mol. The van der Waals surface area contributed by atoms with Crippen LogP contribution in [0.25, 0.3) is 6.08 Å². The molecule has 0 radical (unpaired) electrons. The highest BCUT2D eigenvalue weighted by atomic mass is 16.6. The van der Waals surface area contributed by atoms with E-state index >= 15 is 0 Å². The van der Waals surface area contributed by atoms with Gasteiger partial charge < -0.3 is 10.8 Å². The van der Waals surface area contributed by atoms with Gasteiger partial charge in [-0.1, -0.05) is 12.2 Å². The number of anilines is 1. The molecule has 1 rings (SSSR count). The Morgan fingerprint density at radius 2 is 2.24 bits per heavy atom. The Kier molecular flexibility index (Phi) is 3.82. The summed E-state index contributed by atoms with van der Waals surface area (Å²) in [6.07, 6.45) is 2.82. The molecule has 0 saturated carbocycles. The molecule has 17 heavy (non-hydrogen) atoms. The molecular formula is C11H12N2O4. The van der Waals surface area contributed by atoms with Crippen molar-refractivity contribution in [3.05, 3.63) is 39.4 Å². The number of carboxylic acid groups (broad SMARTS) is 1. The van der Waals surface area contributed by atoms with Crippen LogP contribution in [-0.2, 0) is 4.79 Å². The SMILES string of the molecule is Cc1cc(C=CCC(=O)O)cc([N+](=O)[O-])c1N. The Morgan fingerprint density at radius 3 is 2.76 bits per heavy atom.